The fraction of sp³-hybridized carbons (Fsp3) is 0.300. The molecule has 0 aliphatic heterocycles. The van der Waals surface area contributed by atoms with Gasteiger partial charge in [0, 0.05) is 13.1 Å². The number of hydrogen-bond acceptors (Lipinski definition) is 8. The number of ether oxygens (including phenoxy) is 2. The molecule has 10 nitrogen and oxygen atoms in total. The Kier molecular flexibility index (Phi) is 8.42. The molecule has 0 unspecified atom stereocenters. The molecule has 0 atom stereocenters. The quantitative estimate of drug-likeness (QED) is 0.458. The summed E-state index contributed by atoms with van der Waals surface area (Å²) in [6.45, 7) is 0.740. The van der Waals surface area contributed by atoms with E-state index in [2.05, 4.69) is 30.1 Å². The van der Waals surface area contributed by atoms with Gasteiger partial charge in [0.15, 0.2) is 0 Å². The fourth-order valence-electron chi connectivity index (χ4n) is 2.39. The number of methoxy groups -OCH3 is 2. The van der Waals surface area contributed by atoms with Gasteiger partial charge in [0.05, 0.1) is 14.2 Å². The van der Waals surface area contributed by atoms with Crippen molar-refractivity contribution in [2.45, 2.75) is 12.8 Å². The summed E-state index contributed by atoms with van der Waals surface area (Å²) in [7, 11) is 2.48. The van der Waals surface area contributed by atoms with Crippen molar-refractivity contribution in [3.8, 4) is 0 Å². The predicted octanol–water partition coefficient (Wildman–Crippen LogP) is 0.990. The number of nitrogens with one attached hydrogen (secondary N) is 2. The van der Waals surface area contributed by atoms with Crippen molar-refractivity contribution in [1.29, 1.82) is 0 Å². The average Bonchev–Trinajstić information content (AvgIpc) is 2.79. The molecule has 158 valence electrons. The third kappa shape index (κ3) is 6.36. The molecule has 0 bridgehead atoms. The summed E-state index contributed by atoms with van der Waals surface area (Å²) in [5, 5.41) is 5.40. The molecule has 0 spiro atoms. The van der Waals surface area contributed by atoms with E-state index in [1.807, 2.05) is 0 Å². The van der Waals surface area contributed by atoms with Gasteiger partial charge in [-0.15, -0.1) is 0 Å². The zero-order chi connectivity index (χ0) is 21.9. The van der Waals surface area contributed by atoms with E-state index < -0.39 is 23.8 Å². The van der Waals surface area contributed by atoms with Crippen molar-refractivity contribution in [1.82, 2.24) is 20.6 Å². The van der Waals surface area contributed by atoms with Crippen LogP contribution in [0.3, 0.4) is 0 Å². The van der Waals surface area contributed by atoms with Crippen LogP contribution in [-0.4, -0.2) is 61.0 Å². The Morgan fingerprint density at radius 3 is 1.43 bits per heavy atom. The van der Waals surface area contributed by atoms with Gasteiger partial charge in [0.2, 0.25) is 0 Å². The number of amides is 2. The number of rotatable bonds is 9. The molecule has 0 aliphatic rings. The van der Waals surface area contributed by atoms with Crippen molar-refractivity contribution in [2.75, 3.05) is 27.3 Å². The highest BCUT2D eigenvalue weighted by Gasteiger charge is 2.13. The monoisotopic (exact) mass is 414 g/mol. The Morgan fingerprint density at radius 1 is 0.700 bits per heavy atom. The van der Waals surface area contributed by atoms with Gasteiger partial charge < -0.3 is 20.1 Å². The van der Waals surface area contributed by atoms with Gasteiger partial charge in [0.1, 0.15) is 22.8 Å². The minimum absolute atomic E-state index is 0.0535. The molecule has 0 radical (unpaired) electrons. The standard InChI is InChI=1S/C20H22N4O6/c1-29-19(27)15-9-5-7-13(23-15)17(25)21-11-3-4-12-22-18(26)14-8-6-10-16(24-14)20(28)30-2/h5-10H,3-4,11-12H2,1-2H3,(H,21,25)(H,22,26). The Labute approximate surface area is 173 Å². The average molecular weight is 414 g/mol. The van der Waals surface area contributed by atoms with Crippen molar-refractivity contribution in [3.05, 3.63) is 59.2 Å². The van der Waals surface area contributed by atoms with Gasteiger partial charge >= 0.3 is 11.9 Å². The first-order valence-electron chi connectivity index (χ1n) is 9.13. The molecule has 2 aromatic rings. The highest BCUT2D eigenvalue weighted by molar-refractivity contribution is 5.95. The summed E-state index contributed by atoms with van der Waals surface area (Å²) in [4.78, 5) is 55.1. The van der Waals surface area contributed by atoms with E-state index in [1.54, 1.807) is 12.1 Å². The zero-order valence-corrected chi connectivity index (χ0v) is 16.6. The highest BCUT2D eigenvalue weighted by atomic mass is 16.5. The Morgan fingerprint density at radius 2 is 1.07 bits per heavy atom. The molecule has 2 heterocycles. The lowest BCUT2D eigenvalue weighted by Gasteiger charge is -2.07. The van der Waals surface area contributed by atoms with Crippen LogP contribution < -0.4 is 10.6 Å². The van der Waals surface area contributed by atoms with Gasteiger partial charge in [0.25, 0.3) is 11.8 Å². The van der Waals surface area contributed by atoms with Crippen LogP contribution in [0.15, 0.2) is 36.4 Å². The molecule has 2 aromatic heterocycles. The fourth-order valence-corrected chi connectivity index (χ4v) is 2.39. The number of carbonyl (C=O) groups is 4. The van der Waals surface area contributed by atoms with Crippen LogP contribution >= 0.6 is 0 Å². The zero-order valence-electron chi connectivity index (χ0n) is 16.6. The second-order valence-electron chi connectivity index (χ2n) is 6.02. The van der Waals surface area contributed by atoms with Gasteiger partial charge in [-0.3, -0.25) is 9.59 Å². The molecule has 0 saturated heterocycles. The van der Waals surface area contributed by atoms with Crippen molar-refractivity contribution in [2.24, 2.45) is 0 Å². The van der Waals surface area contributed by atoms with E-state index in [0.29, 0.717) is 25.9 Å². The molecule has 0 fully saturated rings. The molecule has 30 heavy (non-hydrogen) atoms. The molecular weight excluding hydrogens is 392 g/mol. The van der Waals surface area contributed by atoms with Crippen LogP contribution in [0.4, 0.5) is 0 Å². The maximum Gasteiger partial charge on any atom is 0.356 e. The lowest BCUT2D eigenvalue weighted by atomic mass is 10.2. The Balaban J connectivity index is 1.72. The third-order valence-corrected chi connectivity index (χ3v) is 3.93. The topological polar surface area (TPSA) is 137 Å². The van der Waals surface area contributed by atoms with Crippen LogP contribution in [0, 0.1) is 0 Å². The first-order chi connectivity index (χ1) is 14.5. The van der Waals surface area contributed by atoms with Crippen molar-refractivity contribution >= 4 is 23.8 Å². The number of unbranched alkanes of at least 4 members (excludes halogenated alkanes) is 1. The summed E-state index contributed by atoms with van der Waals surface area (Å²) in [5.74, 6) is -2.05. The van der Waals surface area contributed by atoms with E-state index >= 15 is 0 Å². The number of aromatic nitrogens is 2. The van der Waals surface area contributed by atoms with Crippen molar-refractivity contribution in [3.63, 3.8) is 0 Å². The largest absolute Gasteiger partial charge is 0.464 e. The number of hydrogen-bond donors (Lipinski definition) is 2. The molecule has 0 aromatic carbocycles. The lowest BCUT2D eigenvalue weighted by Crippen LogP contribution is -2.28. The summed E-state index contributed by atoms with van der Waals surface area (Å²) in [6.07, 6.45) is 1.22. The number of carbonyl (C=O) groups excluding carboxylic acids is 4. The third-order valence-electron chi connectivity index (χ3n) is 3.93. The van der Waals surface area contributed by atoms with Crippen LogP contribution in [0.25, 0.3) is 0 Å². The van der Waals surface area contributed by atoms with E-state index in [1.165, 1.54) is 38.5 Å². The number of nitrogens with zero attached hydrogens (tertiary/aromatic N) is 2. The highest BCUT2D eigenvalue weighted by Crippen LogP contribution is 2.03. The maximum atomic E-state index is 12.1. The van der Waals surface area contributed by atoms with E-state index in [4.69, 9.17) is 0 Å². The summed E-state index contributed by atoms with van der Waals surface area (Å²) < 4.78 is 9.15. The second kappa shape index (κ2) is 11.2. The first kappa shape index (κ1) is 22.5. The maximum absolute atomic E-state index is 12.1. The minimum Gasteiger partial charge on any atom is -0.464 e. The molecule has 0 saturated carbocycles. The summed E-state index contributed by atoms with van der Waals surface area (Å²) >= 11 is 0. The van der Waals surface area contributed by atoms with Crippen LogP contribution in [-0.2, 0) is 9.47 Å². The normalized spacial score (nSPS) is 10.1. The van der Waals surface area contributed by atoms with E-state index in [-0.39, 0.29) is 22.8 Å². The molecule has 2 N–H and O–H groups in total. The second-order valence-corrected chi connectivity index (χ2v) is 6.02. The molecule has 0 aliphatic carbocycles. The molecular formula is C20H22N4O6. The van der Waals surface area contributed by atoms with E-state index in [9.17, 15) is 19.2 Å². The predicted molar refractivity (Wildman–Crippen MR) is 105 cm³/mol. The van der Waals surface area contributed by atoms with Crippen molar-refractivity contribution < 1.29 is 28.7 Å². The first-order valence-corrected chi connectivity index (χ1v) is 9.13. The van der Waals surface area contributed by atoms with Gasteiger partial charge in [-0.05, 0) is 37.1 Å². The lowest BCUT2D eigenvalue weighted by molar-refractivity contribution is 0.0584. The Hall–Kier alpha value is -3.82. The minimum atomic E-state index is -0.619. The van der Waals surface area contributed by atoms with Crippen LogP contribution in [0.1, 0.15) is 54.8 Å². The SMILES string of the molecule is COC(=O)c1cccc(C(=O)NCCCCNC(=O)c2cccc(C(=O)OC)n2)n1. The van der Waals surface area contributed by atoms with Gasteiger partial charge in [-0.2, -0.15) is 0 Å². The number of esters is 2. The summed E-state index contributed by atoms with van der Waals surface area (Å²) in [6, 6.07) is 9.01. The van der Waals surface area contributed by atoms with Gasteiger partial charge in [-0.1, -0.05) is 12.1 Å². The molecule has 2 rings (SSSR count). The van der Waals surface area contributed by atoms with Crippen LogP contribution in [0.2, 0.25) is 0 Å². The van der Waals surface area contributed by atoms with Gasteiger partial charge in [-0.25, -0.2) is 19.6 Å². The Bertz CT molecular complexity index is 856. The van der Waals surface area contributed by atoms with E-state index in [0.717, 1.165) is 0 Å². The molecule has 2 amide bonds. The van der Waals surface area contributed by atoms with Crippen LogP contribution in [0.5, 0.6) is 0 Å². The summed E-state index contributed by atoms with van der Waals surface area (Å²) in [5.41, 5.74) is 0.334. The number of pyridine rings is 2. The molecule has 10 heteroatoms. The smallest absolute Gasteiger partial charge is 0.356 e.